The zero-order valence-electron chi connectivity index (χ0n) is 12.7. The van der Waals surface area contributed by atoms with Crippen LogP contribution in [0.1, 0.15) is 37.5 Å². The Morgan fingerprint density at radius 3 is 2.37 bits per heavy atom. The number of urea groups is 1. The highest BCUT2D eigenvalue weighted by molar-refractivity contribution is 5.74. The molecule has 4 heteroatoms. The quantitative estimate of drug-likeness (QED) is 0.882. The Kier molecular flexibility index (Phi) is 4.81. The number of nitrogens with one attached hydrogen (secondary N) is 2. The first-order valence-corrected chi connectivity index (χ1v) is 6.43. The van der Waals surface area contributed by atoms with E-state index in [2.05, 4.69) is 10.6 Å². The minimum Gasteiger partial charge on any atom is -0.496 e. The van der Waals surface area contributed by atoms with E-state index in [1.807, 2.05) is 46.8 Å². The molecule has 0 aromatic heterocycles. The second-order valence-electron chi connectivity index (χ2n) is 5.73. The van der Waals surface area contributed by atoms with Crippen LogP contribution in [0.2, 0.25) is 0 Å². The highest BCUT2D eigenvalue weighted by Crippen LogP contribution is 2.23. The van der Waals surface area contributed by atoms with E-state index < -0.39 is 0 Å². The molecule has 1 rings (SSSR count). The van der Waals surface area contributed by atoms with Gasteiger partial charge < -0.3 is 15.4 Å². The van der Waals surface area contributed by atoms with Crippen molar-refractivity contribution in [1.29, 1.82) is 0 Å². The molecule has 0 aliphatic rings. The van der Waals surface area contributed by atoms with Crippen molar-refractivity contribution in [1.82, 2.24) is 10.6 Å². The van der Waals surface area contributed by atoms with Gasteiger partial charge in [-0.1, -0.05) is 6.07 Å². The lowest BCUT2D eigenvalue weighted by Crippen LogP contribution is -2.46. The predicted molar refractivity (Wildman–Crippen MR) is 77.6 cm³/mol. The number of benzene rings is 1. The number of ether oxygens (including phenoxy) is 1. The molecular formula is C15H24N2O2. The zero-order chi connectivity index (χ0) is 14.6. The molecule has 0 unspecified atom stereocenters. The molecule has 0 radical (unpaired) electrons. The van der Waals surface area contributed by atoms with Crippen LogP contribution in [0.15, 0.2) is 12.1 Å². The fraction of sp³-hybridized carbons (Fsp3) is 0.533. The van der Waals surface area contributed by atoms with Gasteiger partial charge in [-0.25, -0.2) is 4.79 Å². The van der Waals surface area contributed by atoms with Gasteiger partial charge in [-0.15, -0.1) is 0 Å². The third-order valence-corrected chi connectivity index (χ3v) is 3.00. The Balaban J connectivity index is 2.69. The van der Waals surface area contributed by atoms with E-state index in [0.717, 1.165) is 22.4 Å². The van der Waals surface area contributed by atoms with Gasteiger partial charge in [0.2, 0.25) is 0 Å². The lowest BCUT2D eigenvalue weighted by atomic mass is 10.0. The number of amides is 2. The van der Waals surface area contributed by atoms with Gasteiger partial charge in [-0.2, -0.15) is 0 Å². The van der Waals surface area contributed by atoms with Crippen LogP contribution >= 0.6 is 0 Å². The number of hydrogen-bond acceptors (Lipinski definition) is 2. The molecule has 0 bridgehead atoms. The van der Waals surface area contributed by atoms with Crippen molar-refractivity contribution in [3.63, 3.8) is 0 Å². The molecule has 0 heterocycles. The second kappa shape index (κ2) is 5.95. The van der Waals surface area contributed by atoms with Crippen LogP contribution in [0.25, 0.3) is 0 Å². The largest absolute Gasteiger partial charge is 0.496 e. The van der Waals surface area contributed by atoms with Crippen molar-refractivity contribution in [2.75, 3.05) is 7.11 Å². The molecule has 0 fully saturated rings. The lowest BCUT2D eigenvalue weighted by molar-refractivity contribution is 0.231. The molecule has 0 aliphatic heterocycles. The van der Waals surface area contributed by atoms with Crippen LogP contribution < -0.4 is 15.4 Å². The summed E-state index contributed by atoms with van der Waals surface area (Å²) in [6.45, 7) is 10.4. The minimum absolute atomic E-state index is 0.152. The summed E-state index contributed by atoms with van der Waals surface area (Å²) in [5.41, 5.74) is 3.13. The Bertz CT molecular complexity index is 462. The van der Waals surface area contributed by atoms with Crippen LogP contribution in [0, 0.1) is 13.8 Å². The molecule has 2 N–H and O–H groups in total. The maximum Gasteiger partial charge on any atom is 0.315 e. The van der Waals surface area contributed by atoms with Crippen LogP contribution in [0.4, 0.5) is 4.79 Å². The van der Waals surface area contributed by atoms with E-state index in [0.29, 0.717) is 6.54 Å². The van der Waals surface area contributed by atoms with Gasteiger partial charge in [0.15, 0.2) is 0 Å². The fourth-order valence-electron chi connectivity index (χ4n) is 1.82. The van der Waals surface area contributed by atoms with Crippen LogP contribution in [-0.4, -0.2) is 18.7 Å². The maximum absolute atomic E-state index is 11.7. The average Bonchev–Trinajstić information content (AvgIpc) is 2.29. The molecule has 2 amide bonds. The van der Waals surface area contributed by atoms with E-state index in [-0.39, 0.29) is 11.6 Å². The SMILES string of the molecule is COc1ccc(CNC(=O)NC(C)(C)C)c(C)c1C. The first-order chi connectivity index (χ1) is 8.74. The molecule has 19 heavy (non-hydrogen) atoms. The number of methoxy groups -OCH3 is 1. The number of hydrogen-bond donors (Lipinski definition) is 2. The Morgan fingerprint density at radius 2 is 1.84 bits per heavy atom. The number of rotatable bonds is 3. The van der Waals surface area contributed by atoms with Crippen molar-refractivity contribution in [3.05, 3.63) is 28.8 Å². The van der Waals surface area contributed by atoms with E-state index in [1.165, 1.54) is 0 Å². The molecule has 0 atom stereocenters. The molecule has 0 spiro atoms. The van der Waals surface area contributed by atoms with Gasteiger partial charge in [-0.05, 0) is 57.4 Å². The monoisotopic (exact) mass is 264 g/mol. The summed E-state index contributed by atoms with van der Waals surface area (Å²) < 4.78 is 5.27. The molecular weight excluding hydrogens is 240 g/mol. The van der Waals surface area contributed by atoms with Gasteiger partial charge in [0.05, 0.1) is 7.11 Å². The maximum atomic E-state index is 11.7. The third-order valence-electron chi connectivity index (χ3n) is 3.00. The zero-order valence-corrected chi connectivity index (χ0v) is 12.7. The van der Waals surface area contributed by atoms with E-state index in [1.54, 1.807) is 7.11 Å². The Morgan fingerprint density at radius 1 is 1.21 bits per heavy atom. The molecule has 0 aliphatic carbocycles. The van der Waals surface area contributed by atoms with Gasteiger partial charge in [0.25, 0.3) is 0 Å². The van der Waals surface area contributed by atoms with Crippen LogP contribution in [0.5, 0.6) is 5.75 Å². The number of carbonyl (C=O) groups is 1. The van der Waals surface area contributed by atoms with Crippen molar-refractivity contribution in [2.45, 2.75) is 46.7 Å². The van der Waals surface area contributed by atoms with Gasteiger partial charge in [0, 0.05) is 12.1 Å². The highest BCUT2D eigenvalue weighted by Gasteiger charge is 2.13. The van der Waals surface area contributed by atoms with Crippen LogP contribution in [-0.2, 0) is 6.54 Å². The van der Waals surface area contributed by atoms with Crippen LogP contribution in [0.3, 0.4) is 0 Å². The molecule has 0 saturated carbocycles. The van der Waals surface area contributed by atoms with Crippen molar-refractivity contribution >= 4 is 6.03 Å². The smallest absolute Gasteiger partial charge is 0.315 e. The fourth-order valence-corrected chi connectivity index (χ4v) is 1.82. The van der Waals surface area contributed by atoms with Crippen molar-refractivity contribution in [2.24, 2.45) is 0 Å². The summed E-state index contributed by atoms with van der Waals surface area (Å²) in [5, 5.41) is 5.74. The molecule has 106 valence electrons. The highest BCUT2D eigenvalue weighted by atomic mass is 16.5. The van der Waals surface area contributed by atoms with E-state index in [4.69, 9.17) is 4.74 Å². The summed E-state index contributed by atoms with van der Waals surface area (Å²) in [6, 6.07) is 3.76. The second-order valence-corrected chi connectivity index (χ2v) is 5.73. The van der Waals surface area contributed by atoms with E-state index >= 15 is 0 Å². The van der Waals surface area contributed by atoms with Crippen molar-refractivity contribution in [3.8, 4) is 5.75 Å². The van der Waals surface area contributed by atoms with E-state index in [9.17, 15) is 4.79 Å². The molecule has 4 nitrogen and oxygen atoms in total. The topological polar surface area (TPSA) is 50.4 Å². The summed E-state index contributed by atoms with van der Waals surface area (Å²) in [5.74, 6) is 0.875. The molecule has 0 saturated heterocycles. The standard InChI is InChI=1S/C15H24N2O2/c1-10-11(2)13(19-6)8-7-12(10)9-16-14(18)17-15(3,4)5/h7-8H,9H2,1-6H3,(H2,16,17,18). The van der Waals surface area contributed by atoms with Gasteiger partial charge >= 0.3 is 6.03 Å². The molecule has 1 aromatic carbocycles. The first-order valence-electron chi connectivity index (χ1n) is 6.43. The summed E-state index contributed by atoms with van der Waals surface area (Å²) in [4.78, 5) is 11.7. The molecule has 1 aromatic rings. The summed E-state index contributed by atoms with van der Waals surface area (Å²) in [7, 11) is 1.66. The predicted octanol–water partition coefficient (Wildman–Crippen LogP) is 2.91. The minimum atomic E-state index is -0.227. The average molecular weight is 264 g/mol. The van der Waals surface area contributed by atoms with Gasteiger partial charge in [-0.3, -0.25) is 0 Å². The Hall–Kier alpha value is -1.71. The number of carbonyl (C=O) groups excluding carboxylic acids is 1. The normalized spacial score (nSPS) is 11.1. The third kappa shape index (κ3) is 4.47. The summed E-state index contributed by atoms with van der Waals surface area (Å²) in [6.07, 6.45) is 0. The van der Waals surface area contributed by atoms with Crippen molar-refractivity contribution < 1.29 is 9.53 Å². The van der Waals surface area contributed by atoms with Gasteiger partial charge in [0.1, 0.15) is 5.75 Å². The summed E-state index contributed by atoms with van der Waals surface area (Å²) >= 11 is 0. The first kappa shape index (κ1) is 15.3. The lowest BCUT2D eigenvalue weighted by Gasteiger charge is -2.21. The Labute approximate surface area is 115 Å².